The monoisotopic (exact) mass is 233 g/mol. The molecule has 0 amide bonds. The van der Waals surface area contributed by atoms with Crippen molar-refractivity contribution in [3.8, 4) is 0 Å². The molecule has 0 radical (unpaired) electrons. The molecule has 0 aliphatic carbocycles. The van der Waals surface area contributed by atoms with Gasteiger partial charge in [0.1, 0.15) is 0 Å². The minimum atomic E-state index is -4.30. The van der Waals surface area contributed by atoms with Crippen LogP contribution in [0.5, 0.6) is 0 Å². The number of halogens is 3. The van der Waals surface area contributed by atoms with Crippen molar-refractivity contribution in [1.29, 1.82) is 0 Å². The molecule has 5 heteroatoms. The normalized spacial score (nSPS) is 13.8. The largest absolute Gasteiger partial charge is 0.416 e. The first-order valence-electron chi connectivity index (χ1n) is 4.97. The van der Waals surface area contributed by atoms with E-state index in [1.807, 2.05) is 6.92 Å². The van der Waals surface area contributed by atoms with Gasteiger partial charge in [0.2, 0.25) is 0 Å². The topological polar surface area (TPSA) is 35.2 Å². The van der Waals surface area contributed by atoms with Crippen LogP contribution in [0.25, 0.3) is 0 Å². The average molecular weight is 233 g/mol. The Morgan fingerprint density at radius 1 is 1.25 bits per heavy atom. The summed E-state index contributed by atoms with van der Waals surface area (Å²) in [5, 5.41) is 0. The molecule has 0 saturated carbocycles. The summed E-state index contributed by atoms with van der Waals surface area (Å²) in [6, 6.07) is 4.88. The van der Waals surface area contributed by atoms with E-state index in [0.717, 1.165) is 12.1 Å². The van der Waals surface area contributed by atoms with E-state index >= 15 is 0 Å². The molecule has 2 nitrogen and oxygen atoms in total. The zero-order chi connectivity index (χ0) is 12.2. The highest BCUT2D eigenvalue weighted by molar-refractivity contribution is 5.26. The summed E-state index contributed by atoms with van der Waals surface area (Å²) in [6.45, 7) is 2.54. The number of rotatable bonds is 4. The average Bonchev–Trinajstić information content (AvgIpc) is 2.25. The maximum Gasteiger partial charge on any atom is 0.416 e. The first kappa shape index (κ1) is 13.0. The summed E-state index contributed by atoms with van der Waals surface area (Å²) in [5.41, 5.74) is 5.47. The number of hydrogen-bond donors (Lipinski definition) is 1. The third kappa shape index (κ3) is 3.21. The van der Waals surface area contributed by atoms with Crippen LogP contribution in [0.15, 0.2) is 24.3 Å². The molecule has 0 saturated heterocycles. The van der Waals surface area contributed by atoms with Gasteiger partial charge >= 0.3 is 6.18 Å². The second-order valence-electron chi connectivity index (χ2n) is 3.30. The molecule has 16 heavy (non-hydrogen) atoms. The smallest absolute Gasteiger partial charge is 0.372 e. The van der Waals surface area contributed by atoms with Crippen molar-refractivity contribution in [3.05, 3.63) is 35.4 Å². The Balaban J connectivity index is 2.85. The van der Waals surface area contributed by atoms with Crippen molar-refractivity contribution < 1.29 is 17.9 Å². The van der Waals surface area contributed by atoms with Crippen LogP contribution < -0.4 is 5.73 Å². The SMILES string of the molecule is CCO[C@@H](CN)c1ccc(C(F)(F)F)cc1. The molecule has 0 aromatic heterocycles. The van der Waals surface area contributed by atoms with Gasteiger partial charge in [0.05, 0.1) is 11.7 Å². The molecule has 1 aromatic rings. The molecule has 0 fully saturated rings. The molecule has 90 valence electrons. The van der Waals surface area contributed by atoms with Gasteiger partial charge in [-0.25, -0.2) is 0 Å². The molecule has 0 aliphatic rings. The zero-order valence-corrected chi connectivity index (χ0v) is 8.92. The molecular formula is C11H14F3NO. The molecule has 0 spiro atoms. The lowest BCUT2D eigenvalue weighted by molar-refractivity contribution is -0.137. The van der Waals surface area contributed by atoms with E-state index in [9.17, 15) is 13.2 Å². The predicted molar refractivity (Wildman–Crippen MR) is 54.9 cm³/mol. The molecular weight excluding hydrogens is 219 g/mol. The first-order valence-corrected chi connectivity index (χ1v) is 4.97. The molecule has 0 aliphatic heterocycles. The van der Waals surface area contributed by atoms with Crippen LogP contribution in [0.3, 0.4) is 0 Å². The van der Waals surface area contributed by atoms with Gasteiger partial charge < -0.3 is 10.5 Å². The van der Waals surface area contributed by atoms with Crippen molar-refractivity contribution >= 4 is 0 Å². The lowest BCUT2D eigenvalue weighted by atomic mass is 10.1. The highest BCUT2D eigenvalue weighted by Gasteiger charge is 2.30. The highest BCUT2D eigenvalue weighted by Crippen LogP contribution is 2.30. The molecule has 2 N–H and O–H groups in total. The molecule has 1 atom stereocenters. The third-order valence-corrected chi connectivity index (χ3v) is 2.19. The minimum absolute atomic E-state index is 0.249. The summed E-state index contributed by atoms with van der Waals surface area (Å²) < 4.78 is 42.2. The van der Waals surface area contributed by atoms with Gasteiger partial charge in [-0.2, -0.15) is 13.2 Å². The molecule has 0 bridgehead atoms. The van der Waals surface area contributed by atoms with Crippen LogP contribution in [-0.2, 0) is 10.9 Å². The Labute approximate surface area is 92.2 Å². The Kier molecular flexibility index (Phi) is 4.32. The van der Waals surface area contributed by atoms with Crippen molar-refractivity contribution in [2.75, 3.05) is 13.2 Å². The standard InChI is InChI=1S/C11H14F3NO/c1-2-16-10(7-15)8-3-5-9(6-4-8)11(12,13)14/h3-6,10H,2,7,15H2,1H3/t10-/m0/s1. The van der Waals surface area contributed by atoms with E-state index in [-0.39, 0.29) is 12.6 Å². The Morgan fingerprint density at radius 2 is 1.81 bits per heavy atom. The van der Waals surface area contributed by atoms with Gasteiger partial charge in [-0.05, 0) is 24.6 Å². The second kappa shape index (κ2) is 5.32. The van der Waals surface area contributed by atoms with Crippen LogP contribution in [-0.4, -0.2) is 13.2 Å². The van der Waals surface area contributed by atoms with Gasteiger partial charge in [-0.1, -0.05) is 12.1 Å². The molecule has 0 heterocycles. The minimum Gasteiger partial charge on any atom is -0.372 e. The lowest BCUT2D eigenvalue weighted by Crippen LogP contribution is -2.16. The fourth-order valence-corrected chi connectivity index (χ4v) is 1.39. The quantitative estimate of drug-likeness (QED) is 0.867. The van der Waals surface area contributed by atoms with E-state index in [1.54, 1.807) is 0 Å². The van der Waals surface area contributed by atoms with Crippen LogP contribution in [0.1, 0.15) is 24.2 Å². The summed E-state index contributed by atoms with van der Waals surface area (Å²) in [6.07, 6.45) is -4.64. The predicted octanol–water partition coefficient (Wildman–Crippen LogP) is 2.74. The van der Waals surface area contributed by atoms with Crippen LogP contribution in [0.2, 0.25) is 0 Å². The van der Waals surface area contributed by atoms with Gasteiger partial charge in [-0.3, -0.25) is 0 Å². The lowest BCUT2D eigenvalue weighted by Gasteiger charge is -2.16. The van der Waals surface area contributed by atoms with Crippen LogP contribution in [0.4, 0.5) is 13.2 Å². The van der Waals surface area contributed by atoms with Gasteiger partial charge in [-0.15, -0.1) is 0 Å². The van der Waals surface area contributed by atoms with E-state index in [2.05, 4.69) is 0 Å². The van der Waals surface area contributed by atoms with Crippen molar-refractivity contribution in [1.82, 2.24) is 0 Å². The van der Waals surface area contributed by atoms with Crippen LogP contribution in [0, 0.1) is 0 Å². The van der Waals surface area contributed by atoms with Crippen LogP contribution >= 0.6 is 0 Å². The number of hydrogen-bond acceptors (Lipinski definition) is 2. The molecule has 1 rings (SSSR count). The van der Waals surface area contributed by atoms with Gasteiger partial charge in [0.25, 0.3) is 0 Å². The Hall–Kier alpha value is -1.07. The van der Waals surface area contributed by atoms with E-state index < -0.39 is 11.7 Å². The molecule has 1 aromatic carbocycles. The van der Waals surface area contributed by atoms with Gasteiger partial charge in [0, 0.05) is 13.2 Å². The first-order chi connectivity index (χ1) is 7.49. The van der Waals surface area contributed by atoms with Crippen molar-refractivity contribution in [3.63, 3.8) is 0 Å². The maximum atomic E-state index is 12.3. The van der Waals surface area contributed by atoms with E-state index in [4.69, 9.17) is 10.5 Å². The van der Waals surface area contributed by atoms with Gasteiger partial charge in [0.15, 0.2) is 0 Å². The van der Waals surface area contributed by atoms with Crippen molar-refractivity contribution in [2.24, 2.45) is 5.73 Å². The van der Waals surface area contributed by atoms with E-state index in [0.29, 0.717) is 12.2 Å². The summed E-state index contributed by atoms with van der Waals surface area (Å²) in [7, 11) is 0. The van der Waals surface area contributed by atoms with Crippen molar-refractivity contribution in [2.45, 2.75) is 19.2 Å². The Bertz CT molecular complexity index is 321. The summed E-state index contributed by atoms with van der Waals surface area (Å²) in [4.78, 5) is 0. The second-order valence-corrected chi connectivity index (χ2v) is 3.30. The highest BCUT2D eigenvalue weighted by atomic mass is 19.4. The maximum absolute atomic E-state index is 12.3. The Morgan fingerprint density at radius 3 is 2.19 bits per heavy atom. The number of ether oxygens (including phenoxy) is 1. The zero-order valence-electron chi connectivity index (χ0n) is 8.92. The van der Waals surface area contributed by atoms with E-state index in [1.165, 1.54) is 12.1 Å². The third-order valence-electron chi connectivity index (χ3n) is 2.19. The number of alkyl halides is 3. The summed E-state index contributed by atoms with van der Waals surface area (Å²) in [5.74, 6) is 0. The number of nitrogens with two attached hydrogens (primary N) is 1. The fraction of sp³-hybridized carbons (Fsp3) is 0.455. The summed E-state index contributed by atoms with van der Waals surface area (Å²) >= 11 is 0. The molecule has 0 unspecified atom stereocenters. The fourth-order valence-electron chi connectivity index (χ4n) is 1.39. The number of benzene rings is 1.